The monoisotopic (exact) mass is 393 g/mol. The molecule has 0 spiro atoms. The first kappa shape index (κ1) is 23.2. The molecule has 0 aliphatic heterocycles. The van der Waals surface area contributed by atoms with Crippen molar-refractivity contribution in [3.05, 3.63) is 70.8 Å². The van der Waals surface area contributed by atoms with E-state index in [9.17, 15) is 4.79 Å². The zero-order chi connectivity index (χ0) is 21.1. The SMILES string of the molecule is CCCC[C@H](C)CN(CCC)C(=O)Cc1ccccc1CCc1ccccc1C. The maximum atomic E-state index is 13.1. The van der Waals surface area contributed by atoms with E-state index in [0.717, 1.165) is 32.4 Å². The Labute approximate surface area is 178 Å². The van der Waals surface area contributed by atoms with Gasteiger partial charge in [-0.15, -0.1) is 0 Å². The highest BCUT2D eigenvalue weighted by atomic mass is 16.2. The molecule has 2 aromatic carbocycles. The second-order valence-electron chi connectivity index (χ2n) is 8.46. The van der Waals surface area contributed by atoms with E-state index in [2.05, 4.69) is 81.1 Å². The summed E-state index contributed by atoms with van der Waals surface area (Å²) in [4.78, 5) is 15.2. The van der Waals surface area contributed by atoms with E-state index in [1.807, 2.05) is 0 Å². The Morgan fingerprint density at radius 3 is 2.17 bits per heavy atom. The molecule has 0 aliphatic carbocycles. The summed E-state index contributed by atoms with van der Waals surface area (Å²) in [6, 6.07) is 17.1. The maximum absolute atomic E-state index is 13.1. The Hall–Kier alpha value is -2.09. The number of unbranched alkanes of at least 4 members (excludes halogenated alkanes) is 1. The van der Waals surface area contributed by atoms with Crippen LogP contribution < -0.4 is 0 Å². The number of hydrogen-bond acceptors (Lipinski definition) is 1. The zero-order valence-corrected chi connectivity index (χ0v) is 18.9. The average Bonchev–Trinajstić information content (AvgIpc) is 2.72. The van der Waals surface area contributed by atoms with E-state index in [4.69, 9.17) is 0 Å². The second kappa shape index (κ2) is 12.5. The summed E-state index contributed by atoms with van der Waals surface area (Å²) in [6.07, 6.45) is 7.21. The number of aryl methyl sites for hydroxylation is 3. The van der Waals surface area contributed by atoms with E-state index in [-0.39, 0.29) is 5.91 Å². The van der Waals surface area contributed by atoms with Crippen molar-refractivity contribution in [1.82, 2.24) is 4.90 Å². The molecule has 29 heavy (non-hydrogen) atoms. The van der Waals surface area contributed by atoms with Crippen LogP contribution in [0.15, 0.2) is 48.5 Å². The van der Waals surface area contributed by atoms with Gasteiger partial charge in [0.15, 0.2) is 0 Å². The molecule has 0 fully saturated rings. The summed E-state index contributed by atoms with van der Waals surface area (Å²) in [5.41, 5.74) is 5.23. The smallest absolute Gasteiger partial charge is 0.227 e. The molecule has 0 N–H and O–H groups in total. The predicted molar refractivity (Wildman–Crippen MR) is 124 cm³/mol. The summed E-state index contributed by atoms with van der Waals surface area (Å²) < 4.78 is 0. The van der Waals surface area contributed by atoms with Gasteiger partial charge in [0.05, 0.1) is 6.42 Å². The normalized spacial score (nSPS) is 12.0. The van der Waals surface area contributed by atoms with Crippen molar-refractivity contribution in [1.29, 1.82) is 0 Å². The van der Waals surface area contributed by atoms with Crippen LogP contribution in [0.3, 0.4) is 0 Å². The number of carbonyl (C=O) groups is 1. The van der Waals surface area contributed by atoms with Crippen LogP contribution in [-0.2, 0) is 24.1 Å². The van der Waals surface area contributed by atoms with Gasteiger partial charge in [0.2, 0.25) is 5.91 Å². The van der Waals surface area contributed by atoms with Crippen LogP contribution in [-0.4, -0.2) is 23.9 Å². The van der Waals surface area contributed by atoms with Gasteiger partial charge in [-0.3, -0.25) is 4.79 Å². The molecule has 0 saturated carbocycles. The largest absolute Gasteiger partial charge is 0.342 e. The minimum Gasteiger partial charge on any atom is -0.342 e. The quantitative estimate of drug-likeness (QED) is 0.409. The van der Waals surface area contributed by atoms with Gasteiger partial charge in [0, 0.05) is 13.1 Å². The molecule has 1 amide bonds. The van der Waals surface area contributed by atoms with Crippen molar-refractivity contribution >= 4 is 5.91 Å². The molecular weight excluding hydrogens is 354 g/mol. The van der Waals surface area contributed by atoms with E-state index < -0.39 is 0 Å². The lowest BCUT2D eigenvalue weighted by Crippen LogP contribution is -2.36. The molecule has 0 unspecified atom stereocenters. The van der Waals surface area contributed by atoms with Crippen LogP contribution in [0.25, 0.3) is 0 Å². The summed E-state index contributed by atoms with van der Waals surface area (Å²) in [5.74, 6) is 0.847. The third-order valence-corrected chi connectivity index (χ3v) is 5.81. The van der Waals surface area contributed by atoms with Crippen molar-refractivity contribution in [2.45, 2.75) is 72.6 Å². The highest BCUT2D eigenvalue weighted by Crippen LogP contribution is 2.17. The van der Waals surface area contributed by atoms with E-state index >= 15 is 0 Å². The van der Waals surface area contributed by atoms with Gasteiger partial charge >= 0.3 is 0 Å². The van der Waals surface area contributed by atoms with E-state index in [0.29, 0.717) is 12.3 Å². The van der Waals surface area contributed by atoms with Crippen LogP contribution in [0.5, 0.6) is 0 Å². The Morgan fingerprint density at radius 2 is 1.52 bits per heavy atom. The summed E-state index contributed by atoms with van der Waals surface area (Å²) in [6.45, 7) is 10.6. The van der Waals surface area contributed by atoms with Gasteiger partial charge in [-0.05, 0) is 60.8 Å². The fourth-order valence-electron chi connectivity index (χ4n) is 4.02. The second-order valence-corrected chi connectivity index (χ2v) is 8.46. The molecule has 2 nitrogen and oxygen atoms in total. The van der Waals surface area contributed by atoms with Crippen LogP contribution in [0.1, 0.15) is 68.7 Å². The highest BCUT2D eigenvalue weighted by molar-refractivity contribution is 5.79. The van der Waals surface area contributed by atoms with Gasteiger partial charge in [0.1, 0.15) is 0 Å². The molecule has 0 aliphatic rings. The van der Waals surface area contributed by atoms with Crippen molar-refractivity contribution in [2.24, 2.45) is 5.92 Å². The topological polar surface area (TPSA) is 20.3 Å². The average molecular weight is 394 g/mol. The molecule has 1 atom stereocenters. The molecule has 2 heteroatoms. The Balaban J connectivity index is 2.03. The fourth-order valence-corrected chi connectivity index (χ4v) is 4.02. The molecule has 2 rings (SSSR count). The molecule has 158 valence electrons. The number of rotatable bonds is 12. The first-order valence-corrected chi connectivity index (χ1v) is 11.4. The number of carbonyl (C=O) groups excluding carboxylic acids is 1. The molecule has 0 saturated heterocycles. The highest BCUT2D eigenvalue weighted by Gasteiger charge is 2.17. The van der Waals surface area contributed by atoms with Crippen LogP contribution >= 0.6 is 0 Å². The zero-order valence-electron chi connectivity index (χ0n) is 18.9. The lowest BCUT2D eigenvalue weighted by atomic mass is 9.96. The van der Waals surface area contributed by atoms with Crippen molar-refractivity contribution in [2.75, 3.05) is 13.1 Å². The van der Waals surface area contributed by atoms with Crippen LogP contribution in [0, 0.1) is 12.8 Å². The molecule has 0 heterocycles. The first-order chi connectivity index (χ1) is 14.0. The Morgan fingerprint density at radius 1 is 0.897 bits per heavy atom. The summed E-state index contributed by atoms with van der Waals surface area (Å²) in [7, 11) is 0. The van der Waals surface area contributed by atoms with Crippen LogP contribution in [0.4, 0.5) is 0 Å². The third-order valence-electron chi connectivity index (χ3n) is 5.81. The van der Waals surface area contributed by atoms with Crippen molar-refractivity contribution in [3.8, 4) is 0 Å². The van der Waals surface area contributed by atoms with E-state index in [1.54, 1.807) is 0 Å². The standard InChI is InChI=1S/C27H39NO/c1-5-7-12-22(3)21-28(19-6-2)27(29)20-26-16-11-10-15-25(26)18-17-24-14-9-8-13-23(24)4/h8-11,13-16,22H,5-7,12,17-21H2,1-4H3/t22-/m0/s1. The summed E-state index contributed by atoms with van der Waals surface area (Å²) in [5, 5.41) is 0. The lowest BCUT2D eigenvalue weighted by Gasteiger charge is -2.26. The van der Waals surface area contributed by atoms with Gasteiger partial charge in [-0.1, -0.05) is 82.1 Å². The molecule has 0 aromatic heterocycles. The Kier molecular flexibility index (Phi) is 9.97. The van der Waals surface area contributed by atoms with Gasteiger partial charge in [0.25, 0.3) is 0 Å². The third kappa shape index (κ3) is 7.68. The van der Waals surface area contributed by atoms with Crippen molar-refractivity contribution in [3.63, 3.8) is 0 Å². The first-order valence-electron chi connectivity index (χ1n) is 11.4. The minimum absolute atomic E-state index is 0.276. The number of hydrogen-bond donors (Lipinski definition) is 0. The Bertz CT molecular complexity index is 752. The molecule has 0 bridgehead atoms. The van der Waals surface area contributed by atoms with Crippen LogP contribution in [0.2, 0.25) is 0 Å². The van der Waals surface area contributed by atoms with Gasteiger partial charge in [-0.25, -0.2) is 0 Å². The van der Waals surface area contributed by atoms with Crippen molar-refractivity contribution < 1.29 is 4.79 Å². The van der Waals surface area contributed by atoms with Gasteiger partial charge in [-0.2, -0.15) is 0 Å². The fraction of sp³-hybridized carbons (Fsp3) is 0.519. The van der Waals surface area contributed by atoms with Gasteiger partial charge < -0.3 is 4.90 Å². The number of benzene rings is 2. The predicted octanol–water partition coefficient (Wildman–Crippen LogP) is 6.39. The minimum atomic E-state index is 0.276. The molecule has 2 aromatic rings. The molecular formula is C27H39NO. The summed E-state index contributed by atoms with van der Waals surface area (Å²) >= 11 is 0. The lowest BCUT2D eigenvalue weighted by molar-refractivity contribution is -0.131. The maximum Gasteiger partial charge on any atom is 0.227 e. The van der Waals surface area contributed by atoms with E-state index in [1.165, 1.54) is 41.5 Å². The molecule has 0 radical (unpaired) electrons. The number of nitrogens with zero attached hydrogens (tertiary/aromatic N) is 1. The number of amides is 1.